The van der Waals surface area contributed by atoms with Gasteiger partial charge in [-0.05, 0) is 37.1 Å². The minimum absolute atomic E-state index is 0.168. The molecule has 0 radical (unpaired) electrons. The van der Waals surface area contributed by atoms with Gasteiger partial charge in [-0.3, -0.25) is 4.79 Å². The van der Waals surface area contributed by atoms with E-state index in [1.165, 1.54) is 6.07 Å². The van der Waals surface area contributed by atoms with Gasteiger partial charge in [-0.15, -0.1) is 0 Å². The molecule has 1 saturated carbocycles. The predicted molar refractivity (Wildman–Crippen MR) is 72.9 cm³/mol. The number of benzene rings is 1. The number of H-pyrrole nitrogens is 1. The summed E-state index contributed by atoms with van der Waals surface area (Å²) in [5.74, 6) is 2.14. The third kappa shape index (κ3) is 2.76. The van der Waals surface area contributed by atoms with Gasteiger partial charge < -0.3 is 15.0 Å². The molecule has 0 saturated heterocycles. The number of hydrogen-bond donors (Lipinski definition) is 2. The van der Waals surface area contributed by atoms with Crippen molar-refractivity contribution in [2.45, 2.75) is 18.8 Å². The summed E-state index contributed by atoms with van der Waals surface area (Å²) in [6.07, 6.45) is 2.17. The molecule has 3 rings (SSSR count). The molecule has 19 heavy (non-hydrogen) atoms. The topological polar surface area (TPSA) is 67.0 Å². The van der Waals surface area contributed by atoms with Crippen molar-refractivity contribution in [2.75, 3.05) is 12.4 Å². The van der Waals surface area contributed by atoms with Crippen LogP contribution >= 0.6 is 0 Å². The second kappa shape index (κ2) is 4.76. The summed E-state index contributed by atoms with van der Waals surface area (Å²) in [4.78, 5) is 18.6. The molecule has 1 aliphatic rings. The lowest BCUT2D eigenvalue weighted by molar-refractivity contribution is 0.457. The molecule has 2 N–H and O–H groups in total. The van der Waals surface area contributed by atoms with Gasteiger partial charge in [0, 0.05) is 18.7 Å². The highest BCUT2D eigenvalue weighted by atomic mass is 16.5. The minimum atomic E-state index is -0.168. The van der Waals surface area contributed by atoms with E-state index in [0.29, 0.717) is 17.5 Å². The van der Waals surface area contributed by atoms with Crippen LogP contribution in [0.1, 0.15) is 24.6 Å². The van der Waals surface area contributed by atoms with Crippen LogP contribution in [0, 0.1) is 0 Å². The molecule has 0 amide bonds. The molecule has 2 aromatic rings. The van der Waals surface area contributed by atoms with Crippen LogP contribution in [0.15, 0.2) is 35.1 Å². The Bertz CT molecular complexity index is 630. The smallest absolute Gasteiger partial charge is 0.254 e. The molecule has 5 nitrogen and oxygen atoms in total. The molecule has 0 spiro atoms. The van der Waals surface area contributed by atoms with Gasteiger partial charge in [0.1, 0.15) is 11.6 Å². The summed E-state index contributed by atoms with van der Waals surface area (Å²) in [5.41, 5.74) is 0.837. The van der Waals surface area contributed by atoms with Crippen LogP contribution < -0.4 is 15.6 Å². The van der Waals surface area contributed by atoms with Crippen molar-refractivity contribution < 1.29 is 4.74 Å². The monoisotopic (exact) mass is 257 g/mol. The Kier molecular flexibility index (Phi) is 2.95. The number of aromatic nitrogens is 2. The number of rotatable bonds is 4. The first-order valence-corrected chi connectivity index (χ1v) is 6.31. The van der Waals surface area contributed by atoms with Crippen molar-refractivity contribution in [1.82, 2.24) is 9.97 Å². The summed E-state index contributed by atoms with van der Waals surface area (Å²) in [7, 11) is 1.86. The Balaban J connectivity index is 1.83. The Hall–Kier alpha value is -2.30. The van der Waals surface area contributed by atoms with Crippen LogP contribution in [0.3, 0.4) is 0 Å². The van der Waals surface area contributed by atoms with E-state index in [-0.39, 0.29) is 5.56 Å². The summed E-state index contributed by atoms with van der Waals surface area (Å²) in [6.45, 7) is 0. The van der Waals surface area contributed by atoms with E-state index in [4.69, 9.17) is 4.74 Å². The molecule has 5 heteroatoms. The largest absolute Gasteiger partial charge is 0.439 e. The zero-order valence-electron chi connectivity index (χ0n) is 10.6. The lowest BCUT2D eigenvalue weighted by Gasteiger charge is -2.07. The summed E-state index contributed by atoms with van der Waals surface area (Å²) >= 11 is 0. The van der Waals surface area contributed by atoms with Gasteiger partial charge in [-0.1, -0.05) is 0 Å². The summed E-state index contributed by atoms with van der Waals surface area (Å²) in [5, 5.41) is 3.03. The van der Waals surface area contributed by atoms with Gasteiger partial charge >= 0.3 is 0 Å². The first-order valence-electron chi connectivity index (χ1n) is 6.31. The highest BCUT2D eigenvalue weighted by Gasteiger charge is 2.26. The van der Waals surface area contributed by atoms with E-state index in [0.717, 1.165) is 24.4 Å². The first kappa shape index (κ1) is 11.8. The van der Waals surface area contributed by atoms with Crippen LogP contribution in [0.5, 0.6) is 11.6 Å². The van der Waals surface area contributed by atoms with E-state index >= 15 is 0 Å². The van der Waals surface area contributed by atoms with Gasteiger partial charge in [0.2, 0.25) is 5.88 Å². The maximum absolute atomic E-state index is 11.5. The maximum Gasteiger partial charge on any atom is 0.254 e. The number of nitrogens with zero attached hydrogens (tertiary/aromatic N) is 1. The molecule has 0 atom stereocenters. The average molecular weight is 257 g/mol. The third-order valence-electron chi connectivity index (χ3n) is 3.07. The minimum Gasteiger partial charge on any atom is -0.439 e. The molecule has 1 fully saturated rings. The summed E-state index contributed by atoms with van der Waals surface area (Å²) < 4.78 is 5.62. The van der Waals surface area contributed by atoms with E-state index in [2.05, 4.69) is 15.3 Å². The Morgan fingerprint density at radius 1 is 1.32 bits per heavy atom. The zero-order valence-corrected chi connectivity index (χ0v) is 10.6. The number of anilines is 1. The molecule has 1 heterocycles. The molecule has 0 unspecified atom stereocenters. The standard InChI is InChI=1S/C14H15N3O2/c1-15-10-4-6-11(7-5-10)19-13-8-12(18)16-14(17-13)9-2-3-9/h4-9,15H,2-3H2,1H3,(H,16,17,18). The van der Waals surface area contributed by atoms with Gasteiger partial charge in [-0.2, -0.15) is 4.98 Å². The summed E-state index contributed by atoms with van der Waals surface area (Å²) in [6, 6.07) is 8.86. The van der Waals surface area contributed by atoms with Crippen molar-refractivity contribution in [3.8, 4) is 11.6 Å². The molecule has 98 valence electrons. The molecule has 1 aliphatic carbocycles. The van der Waals surface area contributed by atoms with Crippen LogP contribution in [0.25, 0.3) is 0 Å². The SMILES string of the molecule is CNc1ccc(Oc2cc(=O)[nH]c(C3CC3)n2)cc1. The van der Waals surface area contributed by atoms with Gasteiger partial charge in [0.25, 0.3) is 5.56 Å². The van der Waals surface area contributed by atoms with Crippen molar-refractivity contribution >= 4 is 5.69 Å². The second-order valence-electron chi connectivity index (χ2n) is 4.62. The molecular formula is C14H15N3O2. The van der Waals surface area contributed by atoms with E-state index < -0.39 is 0 Å². The van der Waals surface area contributed by atoms with Crippen molar-refractivity contribution in [2.24, 2.45) is 0 Å². The second-order valence-corrected chi connectivity index (χ2v) is 4.62. The molecule has 0 bridgehead atoms. The quantitative estimate of drug-likeness (QED) is 0.883. The predicted octanol–water partition coefficient (Wildman–Crippen LogP) is 2.48. The van der Waals surface area contributed by atoms with E-state index in [1.807, 2.05) is 31.3 Å². The lowest BCUT2D eigenvalue weighted by Crippen LogP contribution is -2.10. The van der Waals surface area contributed by atoms with Crippen molar-refractivity contribution in [3.63, 3.8) is 0 Å². The lowest BCUT2D eigenvalue weighted by atomic mass is 10.3. The van der Waals surface area contributed by atoms with Crippen LogP contribution in [0.4, 0.5) is 5.69 Å². The Morgan fingerprint density at radius 3 is 2.68 bits per heavy atom. The highest BCUT2D eigenvalue weighted by molar-refractivity contribution is 5.46. The third-order valence-corrected chi connectivity index (χ3v) is 3.07. The van der Waals surface area contributed by atoms with Crippen molar-refractivity contribution in [1.29, 1.82) is 0 Å². The average Bonchev–Trinajstić information content (AvgIpc) is 3.23. The fourth-order valence-electron chi connectivity index (χ4n) is 1.87. The van der Waals surface area contributed by atoms with Crippen molar-refractivity contribution in [3.05, 3.63) is 46.5 Å². The van der Waals surface area contributed by atoms with E-state index in [1.54, 1.807) is 0 Å². The number of hydrogen-bond acceptors (Lipinski definition) is 4. The zero-order chi connectivity index (χ0) is 13.2. The molecule has 1 aromatic heterocycles. The first-order chi connectivity index (χ1) is 9.24. The fraction of sp³-hybridized carbons (Fsp3) is 0.286. The van der Waals surface area contributed by atoms with Gasteiger partial charge in [0.05, 0.1) is 6.07 Å². The fourth-order valence-corrected chi connectivity index (χ4v) is 1.87. The number of nitrogens with one attached hydrogen (secondary N) is 2. The molecule has 1 aromatic carbocycles. The van der Waals surface area contributed by atoms with Gasteiger partial charge in [-0.25, -0.2) is 0 Å². The Morgan fingerprint density at radius 2 is 2.05 bits per heavy atom. The normalized spacial score (nSPS) is 14.2. The maximum atomic E-state index is 11.5. The van der Waals surface area contributed by atoms with Crippen LogP contribution in [-0.2, 0) is 0 Å². The molecule has 0 aliphatic heterocycles. The highest BCUT2D eigenvalue weighted by Crippen LogP contribution is 2.38. The van der Waals surface area contributed by atoms with Crippen LogP contribution in [0.2, 0.25) is 0 Å². The molecular weight excluding hydrogens is 242 g/mol. The van der Waals surface area contributed by atoms with E-state index in [9.17, 15) is 4.79 Å². The van der Waals surface area contributed by atoms with Gasteiger partial charge in [0.15, 0.2) is 0 Å². The number of ether oxygens (including phenoxy) is 1. The number of aromatic amines is 1. The Labute approximate surface area is 110 Å². The van der Waals surface area contributed by atoms with Crippen LogP contribution in [-0.4, -0.2) is 17.0 Å².